The second kappa shape index (κ2) is 6.50. The maximum absolute atomic E-state index is 13.6. The maximum Gasteiger partial charge on any atom is 0.256 e. The number of rotatable bonds is 2. The highest BCUT2D eigenvalue weighted by molar-refractivity contribution is 9.10. The number of likely N-dealkylation sites (N-methyl/N-ethyl adjacent to an activating group) is 1. The van der Waals surface area contributed by atoms with E-state index >= 15 is 0 Å². The highest BCUT2D eigenvalue weighted by Crippen LogP contribution is 2.18. The topological polar surface area (TPSA) is 32.3 Å². The molecule has 6 heteroatoms. The van der Waals surface area contributed by atoms with Gasteiger partial charge in [-0.05, 0) is 31.2 Å². The molecule has 0 aromatic heterocycles. The molecule has 0 aliphatic carbocycles. The Hall–Kier alpha value is -0.650. The van der Waals surface area contributed by atoms with Crippen LogP contribution in [0.25, 0.3) is 0 Å². The van der Waals surface area contributed by atoms with Gasteiger partial charge in [-0.3, -0.25) is 4.79 Å². The molecule has 3 nitrogen and oxygen atoms in total. The lowest BCUT2D eigenvalue weighted by Crippen LogP contribution is -2.38. The fourth-order valence-electron chi connectivity index (χ4n) is 1.99. The minimum absolute atomic E-state index is 0. The van der Waals surface area contributed by atoms with E-state index in [9.17, 15) is 9.18 Å². The zero-order valence-electron chi connectivity index (χ0n) is 9.95. The first-order valence-corrected chi connectivity index (χ1v) is 6.32. The molecule has 1 unspecified atom stereocenters. The lowest BCUT2D eigenvalue weighted by Gasteiger charge is -2.24. The molecule has 0 spiro atoms. The van der Waals surface area contributed by atoms with E-state index in [1.165, 1.54) is 12.1 Å². The number of hydrogen-bond acceptors (Lipinski definition) is 2. The Morgan fingerprint density at radius 1 is 1.56 bits per heavy atom. The van der Waals surface area contributed by atoms with Crippen LogP contribution in [0, 0.1) is 5.82 Å². The van der Waals surface area contributed by atoms with Crippen molar-refractivity contribution in [1.29, 1.82) is 0 Å². The van der Waals surface area contributed by atoms with Gasteiger partial charge in [-0.25, -0.2) is 4.39 Å². The Morgan fingerprint density at radius 3 is 2.89 bits per heavy atom. The van der Waals surface area contributed by atoms with E-state index in [1.54, 1.807) is 18.0 Å². The Balaban J connectivity index is 0.00000162. The minimum atomic E-state index is -0.476. The highest BCUT2D eigenvalue weighted by atomic mass is 79.9. The predicted octanol–water partition coefficient (Wildman–Crippen LogP) is 2.44. The molecule has 1 aliphatic heterocycles. The van der Waals surface area contributed by atoms with E-state index in [4.69, 9.17) is 0 Å². The molecule has 1 aliphatic rings. The number of carbonyl (C=O) groups excluding carboxylic acids is 1. The summed E-state index contributed by atoms with van der Waals surface area (Å²) < 4.78 is 14.3. The summed E-state index contributed by atoms with van der Waals surface area (Å²) in [4.78, 5) is 13.8. The molecule has 1 aromatic carbocycles. The minimum Gasteiger partial charge on any atom is -0.337 e. The van der Waals surface area contributed by atoms with Crippen LogP contribution in [0.15, 0.2) is 22.7 Å². The molecule has 1 N–H and O–H groups in total. The van der Waals surface area contributed by atoms with E-state index in [0.29, 0.717) is 4.47 Å². The van der Waals surface area contributed by atoms with Crippen LogP contribution in [0.1, 0.15) is 16.8 Å². The van der Waals surface area contributed by atoms with Gasteiger partial charge in [0, 0.05) is 24.1 Å². The molecule has 1 aromatic rings. The van der Waals surface area contributed by atoms with Gasteiger partial charge in [0.1, 0.15) is 5.82 Å². The summed E-state index contributed by atoms with van der Waals surface area (Å²) in [5, 5.41) is 3.19. The summed E-state index contributed by atoms with van der Waals surface area (Å²) in [6.45, 7) is 1.68. The normalized spacial score (nSPS) is 18.3. The van der Waals surface area contributed by atoms with Crippen molar-refractivity contribution in [3.8, 4) is 0 Å². The molecule has 100 valence electrons. The van der Waals surface area contributed by atoms with Crippen LogP contribution in [0.2, 0.25) is 0 Å². The van der Waals surface area contributed by atoms with Gasteiger partial charge in [-0.15, -0.1) is 12.4 Å². The van der Waals surface area contributed by atoms with Crippen LogP contribution in [0.4, 0.5) is 4.39 Å². The molecule has 1 saturated heterocycles. The molecular weight excluding hydrogens is 322 g/mol. The number of nitrogens with zero attached hydrogens (tertiary/aromatic N) is 1. The predicted molar refractivity (Wildman–Crippen MR) is 74.7 cm³/mol. The molecule has 1 fully saturated rings. The van der Waals surface area contributed by atoms with Crippen molar-refractivity contribution in [1.82, 2.24) is 10.2 Å². The molecule has 1 atom stereocenters. The van der Waals surface area contributed by atoms with Gasteiger partial charge in [-0.1, -0.05) is 15.9 Å². The van der Waals surface area contributed by atoms with E-state index < -0.39 is 5.82 Å². The number of benzene rings is 1. The summed E-state index contributed by atoms with van der Waals surface area (Å²) >= 11 is 3.25. The van der Waals surface area contributed by atoms with Crippen LogP contribution in [0.3, 0.4) is 0 Å². The smallest absolute Gasteiger partial charge is 0.256 e. The monoisotopic (exact) mass is 336 g/mol. The lowest BCUT2D eigenvalue weighted by molar-refractivity contribution is 0.0739. The molecule has 2 rings (SSSR count). The molecule has 0 bridgehead atoms. The van der Waals surface area contributed by atoms with Crippen LogP contribution in [-0.4, -0.2) is 37.0 Å². The van der Waals surface area contributed by atoms with Gasteiger partial charge in [0.25, 0.3) is 5.91 Å². The average molecular weight is 338 g/mol. The van der Waals surface area contributed by atoms with Crippen LogP contribution in [0.5, 0.6) is 0 Å². The van der Waals surface area contributed by atoms with Gasteiger partial charge >= 0.3 is 0 Å². The number of halogens is 3. The van der Waals surface area contributed by atoms with Gasteiger partial charge in [-0.2, -0.15) is 0 Å². The van der Waals surface area contributed by atoms with Gasteiger partial charge in [0.15, 0.2) is 0 Å². The van der Waals surface area contributed by atoms with Gasteiger partial charge in [0.05, 0.1) is 5.56 Å². The summed E-state index contributed by atoms with van der Waals surface area (Å²) in [5.41, 5.74) is 0.119. The fourth-order valence-corrected chi connectivity index (χ4v) is 2.35. The van der Waals surface area contributed by atoms with Gasteiger partial charge < -0.3 is 10.2 Å². The molecule has 0 saturated carbocycles. The number of nitrogens with one attached hydrogen (secondary N) is 1. The fraction of sp³-hybridized carbons (Fsp3) is 0.417. The third-order valence-electron chi connectivity index (χ3n) is 3.06. The van der Waals surface area contributed by atoms with Crippen molar-refractivity contribution in [2.24, 2.45) is 0 Å². The third kappa shape index (κ3) is 3.22. The first-order valence-electron chi connectivity index (χ1n) is 5.52. The molecular formula is C12H15BrClFN2O. The van der Waals surface area contributed by atoms with Crippen molar-refractivity contribution < 1.29 is 9.18 Å². The van der Waals surface area contributed by atoms with E-state index in [0.717, 1.165) is 19.5 Å². The van der Waals surface area contributed by atoms with Gasteiger partial charge in [0.2, 0.25) is 0 Å². The SMILES string of the molecule is CN(C(=O)c1cc(Br)ccc1F)C1CCNC1.Cl. The zero-order valence-corrected chi connectivity index (χ0v) is 12.4. The number of carbonyl (C=O) groups is 1. The Kier molecular flexibility index (Phi) is 5.56. The Morgan fingerprint density at radius 2 is 2.28 bits per heavy atom. The van der Waals surface area contributed by atoms with E-state index in [2.05, 4.69) is 21.2 Å². The summed E-state index contributed by atoms with van der Waals surface area (Å²) in [6, 6.07) is 4.57. The largest absolute Gasteiger partial charge is 0.337 e. The molecule has 18 heavy (non-hydrogen) atoms. The second-order valence-electron chi connectivity index (χ2n) is 4.19. The zero-order chi connectivity index (χ0) is 12.4. The van der Waals surface area contributed by atoms with Crippen molar-refractivity contribution in [3.05, 3.63) is 34.1 Å². The quantitative estimate of drug-likeness (QED) is 0.899. The van der Waals surface area contributed by atoms with Crippen molar-refractivity contribution in [2.45, 2.75) is 12.5 Å². The first kappa shape index (κ1) is 15.4. The molecule has 0 radical (unpaired) electrons. The van der Waals surface area contributed by atoms with Crippen LogP contribution >= 0.6 is 28.3 Å². The van der Waals surface area contributed by atoms with E-state index in [1.807, 2.05) is 0 Å². The maximum atomic E-state index is 13.6. The van der Waals surface area contributed by atoms with E-state index in [-0.39, 0.29) is 29.9 Å². The second-order valence-corrected chi connectivity index (χ2v) is 5.10. The van der Waals surface area contributed by atoms with Crippen molar-refractivity contribution >= 4 is 34.2 Å². The summed E-state index contributed by atoms with van der Waals surface area (Å²) in [7, 11) is 1.72. The number of hydrogen-bond donors (Lipinski definition) is 1. The van der Waals surface area contributed by atoms with Crippen molar-refractivity contribution in [2.75, 3.05) is 20.1 Å². The average Bonchev–Trinajstić information content (AvgIpc) is 2.84. The molecule has 1 heterocycles. The van der Waals surface area contributed by atoms with Crippen LogP contribution in [-0.2, 0) is 0 Å². The van der Waals surface area contributed by atoms with Crippen LogP contribution < -0.4 is 5.32 Å². The van der Waals surface area contributed by atoms with Crippen molar-refractivity contribution in [3.63, 3.8) is 0 Å². The Bertz CT molecular complexity index is 438. The summed E-state index contributed by atoms with van der Waals surface area (Å²) in [5.74, 6) is -0.742. The Labute approximate surface area is 120 Å². The standard InChI is InChI=1S/C12H14BrFN2O.ClH/c1-16(9-4-5-15-7-9)12(17)10-6-8(13)2-3-11(10)14;/h2-3,6,9,15H,4-5,7H2,1H3;1H. The third-order valence-corrected chi connectivity index (χ3v) is 3.55. The molecule has 1 amide bonds. The first-order chi connectivity index (χ1) is 8.09. The summed E-state index contributed by atoms with van der Waals surface area (Å²) in [6.07, 6.45) is 0.915. The number of amides is 1. The lowest BCUT2D eigenvalue weighted by atomic mass is 10.1. The highest BCUT2D eigenvalue weighted by Gasteiger charge is 2.25.